The Morgan fingerprint density at radius 2 is 1.80 bits per heavy atom. The van der Waals surface area contributed by atoms with E-state index in [1.165, 1.54) is 24.3 Å². The molecule has 0 aromatic heterocycles. The Morgan fingerprint density at radius 1 is 1.10 bits per heavy atom. The second-order valence-electron chi connectivity index (χ2n) is 4.37. The number of phenolic OH excluding ortho intramolecular Hbond substituents is 2. The number of allylic oxidation sites excluding steroid dienone is 1. The van der Waals surface area contributed by atoms with Gasteiger partial charge in [0.1, 0.15) is 11.5 Å². The predicted octanol–water partition coefficient (Wildman–Crippen LogP) is 3.19. The van der Waals surface area contributed by atoms with Crippen LogP contribution in [0, 0.1) is 0 Å². The largest absolute Gasteiger partial charge is 0.508 e. The van der Waals surface area contributed by atoms with Gasteiger partial charge in [-0.3, -0.25) is 0 Å². The van der Waals surface area contributed by atoms with E-state index in [0.29, 0.717) is 23.1 Å². The van der Waals surface area contributed by atoms with E-state index in [4.69, 9.17) is 5.11 Å². The molecule has 2 rings (SSSR count). The summed E-state index contributed by atoms with van der Waals surface area (Å²) in [6.45, 7) is 3.62. The number of rotatable bonds is 4. The van der Waals surface area contributed by atoms with Crippen molar-refractivity contribution < 1.29 is 20.1 Å². The summed E-state index contributed by atoms with van der Waals surface area (Å²) in [7, 11) is 0. The molecule has 0 saturated carbocycles. The van der Waals surface area contributed by atoms with E-state index in [1.807, 2.05) is 0 Å². The smallest absolute Gasteiger partial charge is 0.335 e. The van der Waals surface area contributed by atoms with Crippen molar-refractivity contribution in [2.24, 2.45) is 0 Å². The van der Waals surface area contributed by atoms with Crippen LogP contribution in [0.3, 0.4) is 0 Å². The molecule has 0 amide bonds. The van der Waals surface area contributed by atoms with E-state index in [-0.39, 0.29) is 17.1 Å². The molecule has 0 saturated heterocycles. The molecule has 3 N–H and O–H groups in total. The molecule has 0 radical (unpaired) electrons. The van der Waals surface area contributed by atoms with Gasteiger partial charge in [-0.05, 0) is 47.9 Å². The Labute approximate surface area is 116 Å². The van der Waals surface area contributed by atoms with Crippen molar-refractivity contribution in [2.75, 3.05) is 0 Å². The second kappa shape index (κ2) is 5.48. The first-order valence-corrected chi connectivity index (χ1v) is 6.02. The van der Waals surface area contributed by atoms with Crippen molar-refractivity contribution in [2.45, 2.75) is 6.42 Å². The number of aromatic hydroxyl groups is 2. The van der Waals surface area contributed by atoms with Gasteiger partial charge in [-0.1, -0.05) is 12.1 Å². The van der Waals surface area contributed by atoms with E-state index in [9.17, 15) is 15.0 Å². The fourth-order valence-electron chi connectivity index (χ4n) is 1.97. The number of phenols is 2. The van der Waals surface area contributed by atoms with Crippen LogP contribution in [0.1, 0.15) is 15.9 Å². The molecule has 2 aromatic carbocycles. The molecule has 4 nitrogen and oxygen atoms in total. The first-order chi connectivity index (χ1) is 9.52. The highest BCUT2D eigenvalue weighted by Gasteiger charge is 2.11. The van der Waals surface area contributed by atoms with E-state index in [1.54, 1.807) is 18.2 Å². The average molecular weight is 270 g/mol. The number of benzene rings is 2. The van der Waals surface area contributed by atoms with Crippen LogP contribution in [-0.2, 0) is 6.42 Å². The monoisotopic (exact) mass is 270 g/mol. The quantitative estimate of drug-likeness (QED) is 0.745. The van der Waals surface area contributed by atoms with Crippen LogP contribution in [0.2, 0.25) is 0 Å². The van der Waals surface area contributed by atoms with Crippen molar-refractivity contribution in [3.63, 3.8) is 0 Å². The highest BCUT2D eigenvalue weighted by atomic mass is 16.4. The summed E-state index contributed by atoms with van der Waals surface area (Å²) in [6.07, 6.45) is 2.14. The number of carbonyl (C=O) groups is 1. The van der Waals surface area contributed by atoms with Gasteiger partial charge in [-0.15, -0.1) is 6.58 Å². The van der Waals surface area contributed by atoms with E-state index >= 15 is 0 Å². The average Bonchev–Trinajstić information content (AvgIpc) is 2.42. The van der Waals surface area contributed by atoms with Crippen molar-refractivity contribution in [3.05, 3.63) is 60.2 Å². The fourth-order valence-corrected chi connectivity index (χ4v) is 1.97. The molecular weight excluding hydrogens is 256 g/mol. The van der Waals surface area contributed by atoms with E-state index in [0.717, 1.165) is 0 Å². The number of hydrogen-bond donors (Lipinski definition) is 3. The summed E-state index contributed by atoms with van der Waals surface area (Å²) in [6, 6.07) is 8.94. The van der Waals surface area contributed by atoms with Gasteiger partial charge in [0.05, 0.1) is 5.56 Å². The van der Waals surface area contributed by atoms with Crippen LogP contribution in [0.15, 0.2) is 49.1 Å². The molecule has 0 aliphatic rings. The molecule has 0 heterocycles. The fraction of sp³-hybridized carbons (Fsp3) is 0.0625. The molecular formula is C16H14O4. The number of hydrogen-bond acceptors (Lipinski definition) is 3. The molecule has 0 fully saturated rings. The van der Waals surface area contributed by atoms with Crippen LogP contribution in [0.4, 0.5) is 0 Å². The van der Waals surface area contributed by atoms with Crippen LogP contribution in [-0.4, -0.2) is 21.3 Å². The van der Waals surface area contributed by atoms with Gasteiger partial charge >= 0.3 is 5.97 Å². The Kier molecular flexibility index (Phi) is 3.75. The summed E-state index contributed by atoms with van der Waals surface area (Å²) in [5.74, 6) is -0.927. The van der Waals surface area contributed by atoms with Crippen LogP contribution in [0.5, 0.6) is 11.5 Å². The SMILES string of the molecule is C=CCc1cc(-c2cc(C(=O)O)ccc2O)ccc1O. The molecule has 20 heavy (non-hydrogen) atoms. The van der Waals surface area contributed by atoms with Gasteiger partial charge in [0.2, 0.25) is 0 Å². The maximum absolute atomic E-state index is 11.0. The van der Waals surface area contributed by atoms with Crippen molar-refractivity contribution in [1.82, 2.24) is 0 Å². The molecule has 0 unspecified atom stereocenters. The van der Waals surface area contributed by atoms with Gasteiger partial charge in [0.25, 0.3) is 0 Å². The highest BCUT2D eigenvalue weighted by molar-refractivity contribution is 5.90. The molecule has 2 aromatic rings. The Bertz CT molecular complexity index is 674. The minimum Gasteiger partial charge on any atom is -0.508 e. The summed E-state index contributed by atoms with van der Waals surface area (Å²) in [5.41, 5.74) is 1.81. The summed E-state index contributed by atoms with van der Waals surface area (Å²) < 4.78 is 0. The molecule has 0 bridgehead atoms. The number of carboxylic acids is 1. The Morgan fingerprint density at radius 3 is 2.45 bits per heavy atom. The maximum Gasteiger partial charge on any atom is 0.335 e. The van der Waals surface area contributed by atoms with Gasteiger partial charge < -0.3 is 15.3 Å². The predicted molar refractivity (Wildman–Crippen MR) is 76.1 cm³/mol. The molecule has 0 aliphatic heterocycles. The normalized spacial score (nSPS) is 10.2. The third kappa shape index (κ3) is 2.64. The summed E-state index contributed by atoms with van der Waals surface area (Å²) in [4.78, 5) is 11.0. The second-order valence-corrected chi connectivity index (χ2v) is 4.37. The molecule has 0 atom stereocenters. The maximum atomic E-state index is 11.0. The number of carboxylic acid groups (broad SMARTS) is 1. The Balaban J connectivity index is 2.55. The van der Waals surface area contributed by atoms with Crippen LogP contribution < -0.4 is 0 Å². The molecule has 0 aliphatic carbocycles. The third-order valence-corrected chi connectivity index (χ3v) is 3.00. The van der Waals surface area contributed by atoms with E-state index < -0.39 is 5.97 Å². The minimum atomic E-state index is -1.06. The van der Waals surface area contributed by atoms with Crippen LogP contribution in [0.25, 0.3) is 11.1 Å². The van der Waals surface area contributed by atoms with Crippen molar-refractivity contribution in [3.8, 4) is 22.6 Å². The van der Waals surface area contributed by atoms with Crippen molar-refractivity contribution in [1.29, 1.82) is 0 Å². The van der Waals surface area contributed by atoms with Crippen molar-refractivity contribution >= 4 is 5.97 Å². The van der Waals surface area contributed by atoms with Gasteiger partial charge in [0, 0.05) is 5.56 Å². The number of aromatic carboxylic acids is 1. The molecule has 4 heteroatoms. The zero-order chi connectivity index (χ0) is 14.7. The lowest BCUT2D eigenvalue weighted by atomic mass is 9.98. The lowest BCUT2D eigenvalue weighted by Gasteiger charge is -2.09. The lowest BCUT2D eigenvalue weighted by molar-refractivity contribution is 0.0697. The van der Waals surface area contributed by atoms with Gasteiger partial charge in [0.15, 0.2) is 0 Å². The first kappa shape index (κ1) is 13.7. The summed E-state index contributed by atoms with van der Waals surface area (Å²) >= 11 is 0. The highest BCUT2D eigenvalue weighted by Crippen LogP contribution is 2.33. The lowest BCUT2D eigenvalue weighted by Crippen LogP contribution is -1.96. The zero-order valence-corrected chi connectivity index (χ0v) is 10.7. The third-order valence-electron chi connectivity index (χ3n) is 3.00. The summed E-state index contributed by atoms with van der Waals surface area (Å²) in [5, 5.41) is 28.6. The molecule has 102 valence electrons. The first-order valence-electron chi connectivity index (χ1n) is 6.02. The molecule has 0 spiro atoms. The van der Waals surface area contributed by atoms with Crippen LogP contribution >= 0.6 is 0 Å². The zero-order valence-electron chi connectivity index (χ0n) is 10.7. The standard InChI is InChI=1S/C16H14O4/c1-2-3-11-8-10(4-6-14(11)17)13-9-12(16(19)20)5-7-15(13)18/h2,4-9,17-18H,1,3H2,(H,19,20). The van der Waals surface area contributed by atoms with E-state index in [2.05, 4.69) is 6.58 Å². The topological polar surface area (TPSA) is 77.8 Å². The van der Waals surface area contributed by atoms with Gasteiger partial charge in [-0.25, -0.2) is 4.79 Å². The Hall–Kier alpha value is -2.75. The van der Waals surface area contributed by atoms with Gasteiger partial charge in [-0.2, -0.15) is 0 Å². The minimum absolute atomic E-state index is 0.00903.